The summed E-state index contributed by atoms with van der Waals surface area (Å²) in [6.07, 6.45) is 1.06. The van der Waals surface area contributed by atoms with Crippen LogP contribution in [0.4, 0.5) is 0 Å². The van der Waals surface area contributed by atoms with Crippen LogP contribution in [-0.4, -0.2) is 28.8 Å². The lowest BCUT2D eigenvalue weighted by Gasteiger charge is -2.22. The Hall–Kier alpha value is -2.63. The molecule has 5 atom stereocenters. The highest BCUT2D eigenvalue weighted by molar-refractivity contribution is 6.07. The highest BCUT2D eigenvalue weighted by Gasteiger charge is 2.63. The third-order valence-electron chi connectivity index (χ3n) is 6.81. The lowest BCUT2D eigenvalue weighted by molar-refractivity contribution is -0.151. The molecule has 1 saturated heterocycles. The number of carbonyl (C=O) groups excluding carboxylic acids is 3. The van der Waals surface area contributed by atoms with E-state index < -0.39 is 12.0 Å². The molecular weight excluding hydrogens is 368 g/mol. The number of benzene rings is 1. The van der Waals surface area contributed by atoms with Crippen LogP contribution >= 0.6 is 0 Å². The summed E-state index contributed by atoms with van der Waals surface area (Å²) in [5.74, 6) is -0.868. The first-order valence-corrected chi connectivity index (χ1v) is 10.3. The number of hydrogen-bond donors (Lipinski definition) is 1. The van der Waals surface area contributed by atoms with Crippen LogP contribution in [0.1, 0.15) is 44.7 Å². The predicted molar refractivity (Wildman–Crippen MR) is 108 cm³/mol. The highest BCUT2D eigenvalue weighted by atomic mass is 16.5. The van der Waals surface area contributed by atoms with E-state index in [-0.39, 0.29) is 35.5 Å². The molecule has 4 rings (SSSR count). The van der Waals surface area contributed by atoms with Crippen LogP contribution in [0, 0.1) is 37.5 Å². The summed E-state index contributed by atoms with van der Waals surface area (Å²) < 4.78 is 5.72. The molecule has 1 aliphatic heterocycles. The second-order valence-corrected chi connectivity index (χ2v) is 8.79. The van der Waals surface area contributed by atoms with E-state index in [1.165, 1.54) is 11.1 Å². The summed E-state index contributed by atoms with van der Waals surface area (Å²) in [5.41, 5.74) is 7.24. The Balaban J connectivity index is 1.46. The molecule has 3 aliphatic rings. The number of rotatable bonds is 4. The minimum Gasteiger partial charge on any atom is -0.481 e. The zero-order valence-electron chi connectivity index (χ0n) is 17.6. The lowest BCUT2D eigenvalue weighted by Crippen LogP contribution is -2.51. The first kappa shape index (κ1) is 19.7. The number of nitrogens with one attached hydrogen (secondary N) is 1. The van der Waals surface area contributed by atoms with Crippen LogP contribution in [0.3, 0.4) is 0 Å². The van der Waals surface area contributed by atoms with Gasteiger partial charge in [-0.25, -0.2) is 0 Å². The molecule has 154 valence electrons. The van der Waals surface area contributed by atoms with Crippen LogP contribution < -0.4 is 10.2 Å². The minimum absolute atomic E-state index is 0.137. The van der Waals surface area contributed by atoms with Crippen LogP contribution in [0.5, 0.6) is 5.75 Å². The number of imide groups is 1. The first-order valence-electron chi connectivity index (χ1n) is 10.3. The van der Waals surface area contributed by atoms with Crippen molar-refractivity contribution in [3.8, 4) is 5.75 Å². The predicted octanol–water partition coefficient (Wildman–Crippen LogP) is 3.08. The van der Waals surface area contributed by atoms with E-state index in [1.54, 1.807) is 13.0 Å². The van der Waals surface area contributed by atoms with Crippen molar-refractivity contribution in [1.82, 2.24) is 10.4 Å². The zero-order valence-corrected chi connectivity index (χ0v) is 17.6. The Morgan fingerprint density at radius 2 is 1.66 bits per heavy atom. The molecule has 1 aromatic rings. The van der Waals surface area contributed by atoms with Gasteiger partial charge < -0.3 is 4.74 Å². The van der Waals surface area contributed by atoms with Gasteiger partial charge in [0, 0.05) is 0 Å². The van der Waals surface area contributed by atoms with E-state index in [4.69, 9.17) is 4.74 Å². The van der Waals surface area contributed by atoms with Crippen LogP contribution in [0.15, 0.2) is 29.3 Å². The Morgan fingerprint density at radius 3 is 2.17 bits per heavy atom. The fraction of sp³-hybridized carbons (Fsp3) is 0.522. The number of aryl methyl sites for hydroxylation is 2. The highest BCUT2D eigenvalue weighted by Crippen LogP contribution is 2.59. The normalized spacial score (nSPS) is 28.6. The van der Waals surface area contributed by atoms with E-state index in [2.05, 4.69) is 19.3 Å². The number of fused-ring (bicyclic) bond motifs is 5. The van der Waals surface area contributed by atoms with Crippen molar-refractivity contribution >= 4 is 17.7 Å². The van der Waals surface area contributed by atoms with E-state index in [1.807, 2.05) is 26.0 Å². The standard InChI is InChI=1S/C23H28N2O4/c1-11(2)18-16-8-9-17(18)20-19(16)22(27)25(23(20)28)24-21(26)14(5)29-15-7-6-12(3)13(4)10-15/h6-7,10,14,16-17,19-20H,8-9H2,1-5H3,(H,24,26)/t14-,16-,17+,19+,20+/m1/s1. The molecule has 0 spiro atoms. The van der Waals surface area contributed by atoms with Crippen LogP contribution in [0.2, 0.25) is 0 Å². The molecule has 29 heavy (non-hydrogen) atoms. The average molecular weight is 396 g/mol. The van der Waals surface area contributed by atoms with Crippen molar-refractivity contribution in [3.63, 3.8) is 0 Å². The fourth-order valence-electron chi connectivity index (χ4n) is 5.35. The van der Waals surface area contributed by atoms with E-state index in [0.29, 0.717) is 5.75 Å². The molecule has 2 aliphatic carbocycles. The fourth-order valence-corrected chi connectivity index (χ4v) is 5.35. The average Bonchev–Trinajstić information content (AvgIpc) is 3.30. The maximum absolute atomic E-state index is 13.0. The third kappa shape index (κ3) is 3.05. The summed E-state index contributed by atoms with van der Waals surface area (Å²) >= 11 is 0. The van der Waals surface area contributed by atoms with Gasteiger partial charge in [0.2, 0.25) is 0 Å². The summed E-state index contributed by atoms with van der Waals surface area (Å²) in [7, 11) is 0. The Kier molecular flexibility index (Phi) is 4.75. The van der Waals surface area contributed by atoms with Gasteiger partial charge in [-0.15, -0.1) is 0 Å². The molecule has 3 amide bonds. The molecule has 3 fully saturated rings. The second kappa shape index (κ2) is 7.01. The van der Waals surface area contributed by atoms with Gasteiger partial charge in [0.1, 0.15) is 5.75 Å². The number of hydrazine groups is 1. The van der Waals surface area contributed by atoms with Gasteiger partial charge >= 0.3 is 0 Å². The Labute approximate surface area is 171 Å². The second-order valence-electron chi connectivity index (χ2n) is 8.79. The molecule has 0 unspecified atom stereocenters. The summed E-state index contributed by atoms with van der Waals surface area (Å²) in [4.78, 5) is 38.6. The molecule has 2 saturated carbocycles. The number of nitrogens with zero attached hydrogens (tertiary/aromatic N) is 1. The number of hydrogen-bond acceptors (Lipinski definition) is 4. The molecule has 0 aromatic heterocycles. The summed E-state index contributed by atoms with van der Waals surface area (Å²) in [6, 6.07) is 5.61. The molecule has 1 aromatic carbocycles. The Bertz CT molecular complexity index is 899. The molecular formula is C23H28N2O4. The summed E-state index contributed by atoms with van der Waals surface area (Å²) in [6.45, 7) is 9.71. The number of carbonyl (C=O) groups is 3. The number of allylic oxidation sites excluding steroid dienone is 2. The van der Waals surface area contributed by atoms with Crippen LogP contribution in [-0.2, 0) is 14.4 Å². The Morgan fingerprint density at radius 1 is 1.07 bits per heavy atom. The smallest absolute Gasteiger partial charge is 0.279 e. The van der Waals surface area contributed by atoms with Gasteiger partial charge in [-0.3, -0.25) is 19.8 Å². The maximum Gasteiger partial charge on any atom is 0.279 e. The van der Waals surface area contributed by atoms with E-state index in [0.717, 1.165) is 29.0 Å². The van der Waals surface area contributed by atoms with Gasteiger partial charge in [0.05, 0.1) is 11.8 Å². The lowest BCUT2D eigenvalue weighted by atomic mass is 9.81. The van der Waals surface area contributed by atoms with Gasteiger partial charge in [-0.2, -0.15) is 5.01 Å². The molecule has 2 bridgehead atoms. The minimum atomic E-state index is -0.830. The third-order valence-corrected chi connectivity index (χ3v) is 6.81. The van der Waals surface area contributed by atoms with E-state index >= 15 is 0 Å². The molecule has 0 radical (unpaired) electrons. The largest absolute Gasteiger partial charge is 0.481 e. The number of ether oxygens (including phenoxy) is 1. The molecule has 6 nitrogen and oxygen atoms in total. The zero-order chi connectivity index (χ0) is 21.0. The summed E-state index contributed by atoms with van der Waals surface area (Å²) in [5, 5.41) is 0.949. The van der Waals surface area contributed by atoms with Crippen molar-refractivity contribution in [2.75, 3.05) is 0 Å². The van der Waals surface area contributed by atoms with Crippen molar-refractivity contribution in [3.05, 3.63) is 40.5 Å². The van der Waals surface area contributed by atoms with Gasteiger partial charge in [-0.1, -0.05) is 17.2 Å². The quantitative estimate of drug-likeness (QED) is 0.627. The first-order chi connectivity index (χ1) is 13.7. The van der Waals surface area contributed by atoms with Crippen molar-refractivity contribution in [2.45, 2.75) is 53.6 Å². The van der Waals surface area contributed by atoms with E-state index in [9.17, 15) is 14.4 Å². The monoisotopic (exact) mass is 396 g/mol. The molecule has 6 heteroatoms. The topological polar surface area (TPSA) is 75.7 Å². The maximum atomic E-state index is 13.0. The van der Waals surface area contributed by atoms with Gasteiger partial charge in [-0.05, 0) is 82.6 Å². The van der Waals surface area contributed by atoms with Gasteiger partial charge in [0.15, 0.2) is 6.10 Å². The number of amides is 3. The van der Waals surface area contributed by atoms with Gasteiger partial charge in [0.25, 0.3) is 17.7 Å². The molecule has 1 N–H and O–H groups in total. The SMILES string of the molecule is CC(C)=C1[C@H]2CC[C@@H]1[C@@H]1C(=O)N(NC(=O)[C@@H](C)Oc3ccc(C)c(C)c3)C(=O)[C@H]12. The van der Waals surface area contributed by atoms with Crippen LogP contribution in [0.25, 0.3) is 0 Å². The van der Waals surface area contributed by atoms with Crippen molar-refractivity contribution in [2.24, 2.45) is 23.7 Å². The molecule has 1 heterocycles. The van der Waals surface area contributed by atoms with Crippen molar-refractivity contribution < 1.29 is 19.1 Å². The van der Waals surface area contributed by atoms with Crippen molar-refractivity contribution in [1.29, 1.82) is 0 Å².